The molecule has 4 nitrogen and oxygen atoms in total. The zero-order valence-electron chi connectivity index (χ0n) is 7.39. The third-order valence-corrected chi connectivity index (χ3v) is 2.83. The van der Waals surface area contributed by atoms with Crippen molar-refractivity contribution < 1.29 is 14.7 Å². The van der Waals surface area contributed by atoms with Crippen LogP contribution in [0.3, 0.4) is 0 Å². The van der Waals surface area contributed by atoms with Gasteiger partial charge in [-0.15, -0.1) is 0 Å². The monoisotopic (exact) mass is 181 g/mol. The molecule has 1 heterocycles. The van der Waals surface area contributed by atoms with Crippen molar-refractivity contribution in [2.75, 3.05) is 0 Å². The number of ketones is 1. The van der Waals surface area contributed by atoms with Gasteiger partial charge in [0.05, 0.1) is 5.54 Å². The first-order valence-electron chi connectivity index (χ1n) is 4.34. The molecule has 2 aliphatic rings. The lowest BCUT2D eigenvalue weighted by molar-refractivity contribution is -0.121. The highest BCUT2D eigenvalue weighted by atomic mass is 16.3. The van der Waals surface area contributed by atoms with Crippen LogP contribution in [0.1, 0.15) is 26.2 Å². The molecule has 0 saturated heterocycles. The van der Waals surface area contributed by atoms with E-state index in [0.717, 1.165) is 19.3 Å². The van der Waals surface area contributed by atoms with Crippen LogP contribution in [0.25, 0.3) is 0 Å². The maximum atomic E-state index is 11.3. The Morgan fingerprint density at radius 3 is 2.38 bits per heavy atom. The van der Waals surface area contributed by atoms with Gasteiger partial charge in [0.1, 0.15) is 11.3 Å². The van der Waals surface area contributed by atoms with E-state index < -0.39 is 11.4 Å². The molecule has 0 aromatic heterocycles. The molecule has 0 unspecified atom stereocenters. The second kappa shape index (κ2) is 2.34. The quantitative estimate of drug-likeness (QED) is 0.577. The van der Waals surface area contributed by atoms with E-state index in [1.807, 2.05) is 0 Å². The number of hydrogen-bond acceptors (Lipinski definition) is 3. The molecule has 1 aliphatic carbocycles. The zero-order chi connectivity index (χ0) is 9.64. The van der Waals surface area contributed by atoms with E-state index in [0.29, 0.717) is 0 Å². The van der Waals surface area contributed by atoms with Crippen molar-refractivity contribution in [3.8, 4) is 0 Å². The van der Waals surface area contributed by atoms with Gasteiger partial charge in [-0.3, -0.25) is 9.59 Å². The normalized spacial score (nSPS) is 24.5. The molecule has 13 heavy (non-hydrogen) atoms. The highest BCUT2D eigenvalue weighted by Gasteiger charge is 2.50. The fourth-order valence-electron chi connectivity index (χ4n) is 1.90. The molecule has 1 amide bonds. The minimum absolute atomic E-state index is 0.0451. The Morgan fingerprint density at radius 1 is 1.54 bits per heavy atom. The molecule has 0 aromatic rings. The molecular weight excluding hydrogens is 170 g/mol. The number of hydrogen-bond donors (Lipinski definition) is 2. The molecule has 0 bridgehead atoms. The van der Waals surface area contributed by atoms with Crippen LogP contribution in [0.5, 0.6) is 0 Å². The van der Waals surface area contributed by atoms with Gasteiger partial charge in [0.15, 0.2) is 5.78 Å². The summed E-state index contributed by atoms with van der Waals surface area (Å²) < 4.78 is 0. The molecule has 4 heteroatoms. The number of aliphatic hydroxyl groups excluding tert-OH is 1. The van der Waals surface area contributed by atoms with Crippen molar-refractivity contribution in [1.82, 2.24) is 5.32 Å². The summed E-state index contributed by atoms with van der Waals surface area (Å²) in [4.78, 5) is 22.3. The maximum absolute atomic E-state index is 11.3. The molecule has 1 aliphatic heterocycles. The molecule has 1 spiro atoms. The predicted molar refractivity (Wildman–Crippen MR) is 45.1 cm³/mol. The standard InChI is InChI=1S/C9H11NO3/c1-5(11)6-7(12)9(3-2-4-9)10-8(6)13/h12H,2-4H2,1H3,(H,10,13). The number of carbonyl (C=O) groups is 2. The Bertz CT molecular complexity index is 326. The molecular formula is C9H11NO3. The van der Waals surface area contributed by atoms with Crippen LogP contribution in [-0.2, 0) is 9.59 Å². The van der Waals surface area contributed by atoms with E-state index in [4.69, 9.17) is 0 Å². The number of rotatable bonds is 1. The number of nitrogens with one attached hydrogen (secondary N) is 1. The van der Waals surface area contributed by atoms with Gasteiger partial charge >= 0.3 is 0 Å². The molecule has 2 N–H and O–H groups in total. The molecule has 1 fully saturated rings. The predicted octanol–water partition coefficient (Wildman–Crippen LogP) is 0.440. The van der Waals surface area contributed by atoms with Crippen LogP contribution in [0, 0.1) is 0 Å². The third-order valence-electron chi connectivity index (χ3n) is 2.83. The van der Waals surface area contributed by atoms with E-state index in [-0.39, 0.29) is 17.1 Å². The minimum atomic E-state index is -0.585. The van der Waals surface area contributed by atoms with Gasteiger partial charge in [-0.25, -0.2) is 0 Å². The summed E-state index contributed by atoms with van der Waals surface area (Å²) in [7, 11) is 0. The van der Waals surface area contributed by atoms with Crippen molar-refractivity contribution in [1.29, 1.82) is 0 Å². The summed E-state index contributed by atoms with van der Waals surface area (Å²) in [6.07, 6.45) is 2.46. The summed E-state index contributed by atoms with van der Waals surface area (Å²) >= 11 is 0. The van der Waals surface area contributed by atoms with Crippen LogP contribution in [0.2, 0.25) is 0 Å². The molecule has 0 aromatic carbocycles. The smallest absolute Gasteiger partial charge is 0.259 e. The second-order valence-corrected chi connectivity index (χ2v) is 3.67. The second-order valence-electron chi connectivity index (χ2n) is 3.67. The topological polar surface area (TPSA) is 66.4 Å². The van der Waals surface area contributed by atoms with E-state index in [9.17, 15) is 14.7 Å². The first kappa shape index (κ1) is 8.29. The minimum Gasteiger partial charge on any atom is -0.509 e. The van der Waals surface area contributed by atoms with Crippen LogP contribution in [0.4, 0.5) is 0 Å². The van der Waals surface area contributed by atoms with Crippen molar-refractivity contribution >= 4 is 11.7 Å². The number of amides is 1. The van der Waals surface area contributed by atoms with E-state index in [1.54, 1.807) is 0 Å². The fraction of sp³-hybridized carbons (Fsp3) is 0.556. The lowest BCUT2D eigenvalue weighted by atomic mass is 9.76. The SMILES string of the molecule is CC(=O)C1=C(O)C2(CCC2)NC1=O. The summed E-state index contributed by atoms with van der Waals surface area (Å²) in [5.41, 5.74) is -0.641. The Balaban J connectivity index is 2.42. The fourth-order valence-corrected chi connectivity index (χ4v) is 1.90. The Kier molecular flexibility index (Phi) is 1.49. The molecule has 2 rings (SSSR count). The van der Waals surface area contributed by atoms with Gasteiger partial charge < -0.3 is 10.4 Å². The van der Waals surface area contributed by atoms with Crippen molar-refractivity contribution in [3.05, 3.63) is 11.3 Å². The summed E-state index contributed by atoms with van der Waals surface area (Å²) in [6, 6.07) is 0. The first-order chi connectivity index (χ1) is 6.07. The third kappa shape index (κ3) is 0.913. The summed E-state index contributed by atoms with van der Waals surface area (Å²) in [6.45, 7) is 1.29. The van der Waals surface area contributed by atoms with E-state index in [2.05, 4.69) is 5.32 Å². The lowest BCUT2D eigenvalue weighted by Gasteiger charge is -2.37. The highest BCUT2D eigenvalue weighted by Crippen LogP contribution is 2.41. The van der Waals surface area contributed by atoms with Crippen molar-refractivity contribution in [3.63, 3.8) is 0 Å². The average Bonchev–Trinajstić information content (AvgIpc) is 2.21. The summed E-state index contributed by atoms with van der Waals surface area (Å²) in [5.74, 6) is -0.834. The van der Waals surface area contributed by atoms with Crippen LogP contribution < -0.4 is 5.32 Å². The van der Waals surface area contributed by atoms with Crippen molar-refractivity contribution in [2.24, 2.45) is 0 Å². The molecule has 70 valence electrons. The first-order valence-corrected chi connectivity index (χ1v) is 4.34. The molecule has 0 radical (unpaired) electrons. The van der Waals surface area contributed by atoms with Gasteiger partial charge in [0.25, 0.3) is 5.91 Å². The number of Topliss-reactive ketones (excluding diaryl/α,β-unsaturated/α-hetero) is 1. The van der Waals surface area contributed by atoms with Gasteiger partial charge in [-0.05, 0) is 26.2 Å². The van der Waals surface area contributed by atoms with Gasteiger partial charge in [0.2, 0.25) is 0 Å². The Labute approximate surface area is 75.6 Å². The Hall–Kier alpha value is -1.32. The van der Waals surface area contributed by atoms with Crippen molar-refractivity contribution in [2.45, 2.75) is 31.7 Å². The average molecular weight is 181 g/mol. The van der Waals surface area contributed by atoms with E-state index >= 15 is 0 Å². The largest absolute Gasteiger partial charge is 0.509 e. The number of aliphatic hydroxyl groups is 1. The summed E-state index contributed by atoms with van der Waals surface area (Å²) in [5, 5.41) is 12.3. The molecule has 1 saturated carbocycles. The van der Waals surface area contributed by atoms with Gasteiger partial charge in [-0.2, -0.15) is 0 Å². The van der Waals surface area contributed by atoms with Crippen LogP contribution in [-0.4, -0.2) is 22.3 Å². The van der Waals surface area contributed by atoms with Gasteiger partial charge in [0, 0.05) is 0 Å². The molecule has 0 atom stereocenters. The van der Waals surface area contributed by atoms with Crippen LogP contribution >= 0.6 is 0 Å². The van der Waals surface area contributed by atoms with E-state index in [1.165, 1.54) is 6.92 Å². The zero-order valence-corrected chi connectivity index (χ0v) is 7.39. The Morgan fingerprint density at radius 2 is 2.15 bits per heavy atom. The van der Waals surface area contributed by atoms with Crippen LogP contribution in [0.15, 0.2) is 11.3 Å². The highest BCUT2D eigenvalue weighted by molar-refractivity contribution is 6.21. The van der Waals surface area contributed by atoms with Gasteiger partial charge in [-0.1, -0.05) is 0 Å². The number of carbonyl (C=O) groups excluding carboxylic acids is 2. The maximum Gasteiger partial charge on any atom is 0.259 e. The lowest BCUT2D eigenvalue weighted by Crippen LogP contribution is -2.50.